The Morgan fingerprint density at radius 1 is 1.41 bits per heavy atom. The van der Waals surface area contributed by atoms with Crippen LogP contribution in [0.4, 0.5) is 0 Å². The summed E-state index contributed by atoms with van der Waals surface area (Å²) in [5.74, 6) is 7.67. The van der Waals surface area contributed by atoms with E-state index in [-0.39, 0.29) is 0 Å². The molecule has 0 aromatic heterocycles. The van der Waals surface area contributed by atoms with Crippen LogP contribution in [0, 0.1) is 24.7 Å². The lowest BCUT2D eigenvalue weighted by Crippen LogP contribution is -2.08. The molecule has 0 fully saturated rings. The van der Waals surface area contributed by atoms with E-state index in [0.717, 1.165) is 24.3 Å². The Morgan fingerprint density at radius 3 is 2.82 bits per heavy atom. The molecule has 0 amide bonds. The lowest BCUT2D eigenvalue weighted by Gasteiger charge is -2.12. The maximum Gasteiger partial charge on any atom is 0.134 e. The van der Waals surface area contributed by atoms with Gasteiger partial charge in [0.15, 0.2) is 0 Å². The van der Waals surface area contributed by atoms with Crippen LogP contribution < -0.4 is 4.74 Å². The summed E-state index contributed by atoms with van der Waals surface area (Å²) in [7, 11) is 0. The summed E-state index contributed by atoms with van der Waals surface area (Å²) in [5, 5.41) is 0. The first-order chi connectivity index (χ1) is 8.17. The van der Waals surface area contributed by atoms with Crippen molar-refractivity contribution in [3.63, 3.8) is 0 Å². The Balaban J connectivity index is 2.82. The first kappa shape index (κ1) is 13.9. The molecule has 0 spiro atoms. The molecule has 0 saturated carbocycles. The lowest BCUT2D eigenvalue weighted by atomic mass is 10.1. The van der Waals surface area contributed by atoms with Crippen molar-refractivity contribution in [2.45, 2.75) is 27.2 Å². The van der Waals surface area contributed by atoms with Crippen LogP contribution >= 0.6 is 11.6 Å². The molecule has 0 aliphatic rings. The van der Waals surface area contributed by atoms with Crippen LogP contribution in [0.25, 0.3) is 0 Å². The predicted molar refractivity (Wildman–Crippen MR) is 73.7 cm³/mol. The van der Waals surface area contributed by atoms with Crippen molar-refractivity contribution in [1.82, 2.24) is 0 Å². The van der Waals surface area contributed by atoms with Gasteiger partial charge in [0.1, 0.15) is 5.75 Å². The van der Waals surface area contributed by atoms with Crippen molar-refractivity contribution in [2.24, 2.45) is 5.92 Å². The van der Waals surface area contributed by atoms with E-state index in [1.807, 2.05) is 25.1 Å². The number of halogens is 1. The van der Waals surface area contributed by atoms with Gasteiger partial charge in [0.25, 0.3) is 0 Å². The number of benzene rings is 1. The zero-order valence-corrected chi connectivity index (χ0v) is 11.5. The molecule has 17 heavy (non-hydrogen) atoms. The molecule has 0 bridgehead atoms. The van der Waals surface area contributed by atoms with Gasteiger partial charge in [-0.2, -0.15) is 0 Å². The number of aryl methyl sites for hydroxylation is 1. The lowest BCUT2D eigenvalue weighted by molar-refractivity contribution is 0.256. The molecule has 1 aromatic carbocycles. The standard InChI is InChI=1S/C15H19ClO/c1-4-12(2)11-17-15-8-7-13(3)10-14(15)6-5-9-16/h7-8,10,12H,4,9,11H2,1-3H3. The van der Waals surface area contributed by atoms with Crippen LogP contribution in [-0.4, -0.2) is 12.5 Å². The van der Waals surface area contributed by atoms with Gasteiger partial charge in [-0.25, -0.2) is 0 Å². The van der Waals surface area contributed by atoms with E-state index in [1.54, 1.807) is 0 Å². The first-order valence-corrected chi connectivity index (χ1v) is 6.49. The van der Waals surface area contributed by atoms with Gasteiger partial charge in [-0.05, 0) is 30.5 Å². The summed E-state index contributed by atoms with van der Waals surface area (Å²) >= 11 is 5.58. The summed E-state index contributed by atoms with van der Waals surface area (Å²) in [6.45, 7) is 7.12. The maximum absolute atomic E-state index is 5.80. The molecule has 2 heteroatoms. The van der Waals surface area contributed by atoms with E-state index >= 15 is 0 Å². The van der Waals surface area contributed by atoms with Crippen molar-refractivity contribution in [3.8, 4) is 17.6 Å². The van der Waals surface area contributed by atoms with Crippen molar-refractivity contribution in [2.75, 3.05) is 12.5 Å². The zero-order valence-electron chi connectivity index (χ0n) is 10.7. The van der Waals surface area contributed by atoms with E-state index in [0.29, 0.717) is 11.8 Å². The van der Waals surface area contributed by atoms with Gasteiger partial charge in [-0.15, -0.1) is 11.6 Å². The fraction of sp³-hybridized carbons (Fsp3) is 0.467. The number of hydrogen-bond donors (Lipinski definition) is 0. The van der Waals surface area contributed by atoms with Crippen molar-refractivity contribution in [3.05, 3.63) is 29.3 Å². The monoisotopic (exact) mass is 250 g/mol. The Bertz CT molecular complexity index is 415. The predicted octanol–water partition coefficient (Wildman–Crippen LogP) is 4.01. The van der Waals surface area contributed by atoms with Gasteiger partial charge in [0, 0.05) is 0 Å². The highest BCUT2D eigenvalue weighted by molar-refractivity contribution is 6.19. The summed E-state index contributed by atoms with van der Waals surface area (Å²) in [6, 6.07) is 6.05. The molecule has 92 valence electrons. The topological polar surface area (TPSA) is 9.23 Å². The van der Waals surface area contributed by atoms with Gasteiger partial charge < -0.3 is 4.74 Å². The van der Waals surface area contributed by atoms with E-state index in [9.17, 15) is 0 Å². The van der Waals surface area contributed by atoms with Crippen molar-refractivity contribution in [1.29, 1.82) is 0 Å². The molecule has 0 heterocycles. The molecule has 1 unspecified atom stereocenters. The van der Waals surface area contributed by atoms with Gasteiger partial charge in [-0.3, -0.25) is 0 Å². The Kier molecular flexibility index (Phi) is 5.94. The molecule has 0 aliphatic carbocycles. The van der Waals surface area contributed by atoms with Crippen LogP contribution in [0.15, 0.2) is 18.2 Å². The van der Waals surface area contributed by atoms with E-state index < -0.39 is 0 Å². The second kappa shape index (κ2) is 7.25. The summed E-state index contributed by atoms with van der Waals surface area (Å²) < 4.78 is 5.80. The molecular weight excluding hydrogens is 232 g/mol. The first-order valence-electron chi connectivity index (χ1n) is 5.95. The van der Waals surface area contributed by atoms with Gasteiger partial charge in [0.2, 0.25) is 0 Å². The molecule has 1 nitrogen and oxygen atoms in total. The fourth-order valence-electron chi connectivity index (χ4n) is 1.35. The van der Waals surface area contributed by atoms with Gasteiger partial charge in [0.05, 0.1) is 18.1 Å². The Hall–Kier alpha value is -1.13. The number of rotatable bonds is 4. The Labute approximate surface area is 109 Å². The molecule has 1 aromatic rings. The van der Waals surface area contributed by atoms with Crippen LogP contribution in [0.2, 0.25) is 0 Å². The number of hydrogen-bond acceptors (Lipinski definition) is 1. The molecule has 1 atom stereocenters. The summed E-state index contributed by atoms with van der Waals surface area (Å²) in [6.07, 6.45) is 1.12. The molecule has 0 N–H and O–H groups in total. The third-order valence-electron chi connectivity index (χ3n) is 2.65. The molecular formula is C15H19ClO. The Morgan fingerprint density at radius 2 is 2.18 bits per heavy atom. The van der Waals surface area contributed by atoms with Crippen molar-refractivity contribution >= 4 is 11.6 Å². The zero-order chi connectivity index (χ0) is 12.7. The van der Waals surface area contributed by atoms with E-state index in [2.05, 4.69) is 25.7 Å². The van der Waals surface area contributed by atoms with Crippen molar-refractivity contribution < 1.29 is 4.74 Å². The minimum atomic E-state index is 0.346. The van der Waals surface area contributed by atoms with Crippen LogP contribution in [0.3, 0.4) is 0 Å². The highest BCUT2D eigenvalue weighted by atomic mass is 35.5. The highest BCUT2D eigenvalue weighted by Gasteiger charge is 2.04. The average Bonchev–Trinajstić information content (AvgIpc) is 2.34. The second-order valence-corrected chi connectivity index (χ2v) is 4.53. The van der Waals surface area contributed by atoms with E-state index in [4.69, 9.17) is 16.3 Å². The minimum Gasteiger partial charge on any atom is -0.492 e. The van der Waals surface area contributed by atoms with Gasteiger partial charge >= 0.3 is 0 Å². The molecule has 0 radical (unpaired) electrons. The third kappa shape index (κ3) is 4.71. The van der Waals surface area contributed by atoms with Gasteiger partial charge in [-0.1, -0.05) is 38.2 Å². The van der Waals surface area contributed by atoms with E-state index in [1.165, 1.54) is 5.56 Å². The third-order valence-corrected chi connectivity index (χ3v) is 2.78. The largest absolute Gasteiger partial charge is 0.492 e. The number of alkyl halides is 1. The van der Waals surface area contributed by atoms with Crippen LogP contribution in [-0.2, 0) is 0 Å². The summed E-state index contributed by atoms with van der Waals surface area (Å²) in [4.78, 5) is 0. The molecule has 0 aliphatic heterocycles. The fourth-order valence-corrected chi connectivity index (χ4v) is 1.41. The smallest absolute Gasteiger partial charge is 0.134 e. The maximum atomic E-state index is 5.80. The quantitative estimate of drug-likeness (QED) is 0.580. The molecule has 0 saturated heterocycles. The normalized spacial score (nSPS) is 11.5. The SMILES string of the molecule is CCC(C)COc1ccc(C)cc1C#CCCl. The summed E-state index contributed by atoms with van der Waals surface area (Å²) in [5.41, 5.74) is 2.11. The minimum absolute atomic E-state index is 0.346. The average molecular weight is 251 g/mol. The van der Waals surface area contributed by atoms with Crippen LogP contribution in [0.1, 0.15) is 31.4 Å². The molecule has 1 rings (SSSR count). The number of ether oxygens (including phenoxy) is 1. The second-order valence-electron chi connectivity index (χ2n) is 4.26. The van der Waals surface area contributed by atoms with Crippen LogP contribution in [0.5, 0.6) is 5.75 Å². The highest BCUT2D eigenvalue weighted by Crippen LogP contribution is 2.20.